The topological polar surface area (TPSA) is 471 Å². The zero-order chi connectivity index (χ0) is 85.8. The number of rotatable bonds is 8. The van der Waals surface area contributed by atoms with Gasteiger partial charge in [0.05, 0.1) is 59.8 Å². The van der Waals surface area contributed by atoms with E-state index < -0.39 is 288 Å². The van der Waals surface area contributed by atoms with Crippen molar-refractivity contribution in [2.24, 2.45) is 0 Å². The van der Waals surface area contributed by atoms with Crippen molar-refractivity contribution in [3.63, 3.8) is 0 Å². The summed E-state index contributed by atoms with van der Waals surface area (Å²) < 4.78 is 299. The van der Waals surface area contributed by atoms with E-state index in [0.717, 1.165) is 0 Å². The van der Waals surface area contributed by atoms with Crippen LogP contribution >= 0.6 is 127 Å². The number of aliphatic hydroxyl groups excluding tert-OH is 8. The molecule has 512 valence electrons. The summed E-state index contributed by atoms with van der Waals surface area (Å²) in [6, 6.07) is 0. The van der Waals surface area contributed by atoms with Crippen molar-refractivity contribution < 1.29 is 190 Å². The molecule has 0 aliphatic carbocycles. The van der Waals surface area contributed by atoms with Crippen molar-refractivity contribution >= 4 is 127 Å². The first-order chi connectivity index (χ1) is 49.9. The largest absolute Gasteiger partial charge is 0.387 e. The Balaban J connectivity index is 1.15. The van der Waals surface area contributed by atoms with Gasteiger partial charge in [-0.05, 0) is 0 Å². The molecular formula is C48H72Br8O32. The molecule has 0 aromatic heterocycles. The standard InChI is InChI=1S/C48H72Br8O32/c49-1-9-33-17(57)25(65)41(73-9)82-34-10(2-50)75-43(27(67)19(34)59)84-36-12(4-52)77-45(29(69)21(36)61)86-38-14(6-54)79-47(31(71)23(38)63)88-40-16(8-56)80-48(32(72)24(40)64)87-39-15(7-55)78-46(30(70)22(39)62)85-37-13(5-53)76-44(28(68)20(37)60)83-35-11(3-51)74-42(81-33)26(66)18(35)58/h9-48,57-72H,1-8H2/t9-,10-,11-,12-,13-,14-,15-,16-,17-,18-,19-,20?,21?,22-,23-,24-,25-,26-,27-,28-,29+,30+,31+,32+,33-,34-,35-,36-,37-,38-,39-,40-,41-,42?,43-,44-,45-,46-,47-,48-/m1/s1/i1D2,2D2,3D2,4D2,5D2,6D2,7D2,8D2,25D,26D,27D,28D,29D,30D,31D,32D. The minimum atomic E-state index is -4.00. The zero-order valence-electron chi connectivity index (χ0n) is 67.2. The second kappa shape index (κ2) is 32.7. The molecule has 32 nitrogen and oxygen atoms in total. The Kier molecular flexibility index (Phi) is 18.0. The molecule has 30 aliphatic rings. The van der Waals surface area contributed by atoms with Crippen LogP contribution in [0.2, 0.25) is 0 Å². The van der Waals surface area contributed by atoms with E-state index in [1.807, 2.05) is 0 Å². The van der Waals surface area contributed by atoms with Gasteiger partial charge in [0.1, 0.15) is 146 Å². The Morgan fingerprint density at radius 2 is 0.284 bits per heavy atom. The summed E-state index contributed by atoms with van der Waals surface area (Å²) in [6.07, 6.45) is -127. The van der Waals surface area contributed by atoms with Gasteiger partial charge in [-0.1, -0.05) is 127 Å². The predicted octanol–water partition coefficient (Wildman–Crippen LogP) is -6.19. The van der Waals surface area contributed by atoms with Crippen LogP contribution < -0.4 is 0 Å². The van der Waals surface area contributed by atoms with Crippen molar-refractivity contribution in [2.45, 2.75) is 245 Å². The van der Waals surface area contributed by atoms with Crippen LogP contribution in [0.1, 0.15) is 32.9 Å². The molecular weight excluding hydrogens is 1730 g/mol. The van der Waals surface area contributed by atoms with E-state index in [1.165, 1.54) is 0 Å². The van der Waals surface area contributed by atoms with E-state index >= 15 is 0 Å². The van der Waals surface area contributed by atoms with Crippen LogP contribution in [0, 0.1) is 0 Å². The van der Waals surface area contributed by atoms with E-state index in [0.29, 0.717) is 0 Å². The van der Waals surface area contributed by atoms with E-state index in [9.17, 15) is 81.7 Å². The predicted molar refractivity (Wildman–Crippen MR) is 315 cm³/mol. The van der Waals surface area contributed by atoms with Crippen molar-refractivity contribution in [1.29, 1.82) is 0 Å². The minimum Gasteiger partial charge on any atom is -0.387 e. The summed E-state index contributed by atoms with van der Waals surface area (Å²) in [5, 5.41) is 164. The van der Waals surface area contributed by atoms with Crippen LogP contribution in [0.3, 0.4) is 0 Å². The lowest BCUT2D eigenvalue weighted by molar-refractivity contribution is -0.396. The molecule has 16 bridgehead atoms. The molecule has 0 aromatic rings. The van der Waals surface area contributed by atoms with Crippen molar-refractivity contribution in [3.8, 4) is 0 Å². The van der Waals surface area contributed by atoms with Crippen molar-refractivity contribution in [1.82, 2.24) is 0 Å². The van der Waals surface area contributed by atoms with Crippen LogP contribution in [0.4, 0.5) is 0 Å². The van der Waals surface area contributed by atoms with Gasteiger partial charge in [-0.2, -0.15) is 0 Å². The maximum atomic E-state index is 11.9. The summed E-state index contributed by atoms with van der Waals surface area (Å²) in [5.41, 5.74) is 0. The number of ether oxygens (including phenoxy) is 16. The highest BCUT2D eigenvalue weighted by Crippen LogP contribution is 2.41. The van der Waals surface area contributed by atoms with Gasteiger partial charge < -0.3 is 157 Å². The quantitative estimate of drug-likeness (QED) is 0.101. The molecule has 30 rings (SSSR count). The molecule has 3 unspecified atom stereocenters. The number of halogens is 8. The van der Waals surface area contributed by atoms with Gasteiger partial charge in [0.25, 0.3) is 0 Å². The van der Waals surface area contributed by atoms with E-state index in [4.69, 9.17) is 109 Å². The van der Waals surface area contributed by atoms with Crippen LogP contribution in [-0.4, -0.2) is 369 Å². The van der Waals surface area contributed by atoms with Crippen molar-refractivity contribution in [3.05, 3.63) is 0 Å². The van der Waals surface area contributed by atoms with Gasteiger partial charge in [-0.25, -0.2) is 0 Å². The molecule has 40 heteroatoms. The number of aliphatic hydroxyl groups is 16. The van der Waals surface area contributed by atoms with E-state index in [-0.39, 0.29) is 0 Å². The fourth-order valence-electron chi connectivity index (χ4n) is 9.85. The van der Waals surface area contributed by atoms with Gasteiger partial charge in [-0.3, -0.25) is 0 Å². The Morgan fingerprint density at radius 3 is 0.364 bits per heavy atom. The highest BCUT2D eigenvalue weighted by Gasteiger charge is 2.60. The van der Waals surface area contributed by atoms with Crippen molar-refractivity contribution in [2.75, 3.05) is 42.3 Å². The maximum Gasteiger partial charge on any atom is 0.187 e. The van der Waals surface area contributed by atoms with Gasteiger partial charge >= 0.3 is 0 Å². The Bertz CT molecular complexity index is 2670. The number of hydrogen-bond donors (Lipinski definition) is 16. The second-order valence-electron chi connectivity index (χ2n) is 19.7. The maximum absolute atomic E-state index is 11.9. The molecule has 88 heavy (non-hydrogen) atoms. The molecule has 16 N–H and O–H groups in total. The fourth-order valence-corrected chi connectivity index (χ4v) is 12.8. The van der Waals surface area contributed by atoms with E-state index in [1.54, 1.807) is 0 Å². The summed E-state index contributed by atoms with van der Waals surface area (Å²) in [7, 11) is 0. The monoisotopic (exact) mass is 1820 g/mol. The highest BCUT2D eigenvalue weighted by atomic mass is 79.9. The van der Waals surface area contributed by atoms with Crippen LogP contribution in [0.25, 0.3) is 0 Å². The number of alkyl halides is 8. The summed E-state index contributed by atoms with van der Waals surface area (Å²) in [5.74, 6) is 0. The van der Waals surface area contributed by atoms with Crippen LogP contribution in [0.15, 0.2) is 0 Å². The van der Waals surface area contributed by atoms with Gasteiger partial charge in [0.15, 0.2) is 50.3 Å². The first-order valence-corrected chi connectivity index (χ1v) is 31.5. The molecule has 0 saturated carbocycles. The normalized spacial score (nSPS) is 67.4. The first-order valence-electron chi connectivity index (χ1n) is 37.2. The average molecular weight is 1820 g/mol. The average Bonchev–Trinajstić information content (AvgIpc) is 0.731. The molecule has 40 atom stereocenters. The molecule has 30 heterocycles. The van der Waals surface area contributed by atoms with Crippen LogP contribution in [-0.2, 0) is 75.8 Å². The Morgan fingerprint density at radius 1 is 0.193 bits per heavy atom. The minimum absolute atomic E-state index is 2.57. The van der Waals surface area contributed by atoms with Gasteiger partial charge in [-0.15, -0.1) is 0 Å². The molecule has 0 radical (unpaired) electrons. The zero-order valence-corrected chi connectivity index (χ0v) is 55.9. The Labute approximate surface area is 602 Å². The van der Waals surface area contributed by atoms with Gasteiger partial charge in [0, 0.05) is 64.2 Å². The first kappa shape index (κ1) is 48.4. The summed E-state index contributed by atoms with van der Waals surface area (Å²) >= 11 is 20.6. The third-order valence-electron chi connectivity index (χ3n) is 14.5. The third kappa shape index (κ3) is 15.3. The van der Waals surface area contributed by atoms with E-state index in [2.05, 4.69) is 127 Å². The van der Waals surface area contributed by atoms with Gasteiger partial charge in [0.2, 0.25) is 0 Å². The molecule has 0 aromatic carbocycles. The lowest BCUT2D eigenvalue weighted by atomic mass is 9.95. The molecule has 30 fully saturated rings. The second-order valence-corrected chi connectivity index (χ2v) is 23.4. The molecule has 30 aliphatic heterocycles. The smallest absolute Gasteiger partial charge is 0.187 e. The third-order valence-corrected chi connectivity index (χ3v) is 18.1. The molecule has 0 amide bonds. The SMILES string of the molecule is [2H]C([2H])(Br)[C@H]1O[C@@H]2O[C@@H]3[C@@H](C([2H])([2H])Br)O[C@H](O[C@H]4C(O)[C@]([2H])(O)[C@@H](O[C@@H]5[C@@H](C([2H])([2H])Br)O[C@H](O[C@@H]6[C@@H](C([2H])([2H])Br)O[C@H](O[C@@H]7[C@@H](C([2H])([2H])Br)O[C@H](O[C@H]8C(O)[C@@]([2H])(O)[C@@H](O[C@@H]9[C@@H](C([2H])([2H])Br)OC(O[C@H]1[C@H](O)[C@@]2([2H])O)[C@]([2H])(O)[C@H]9O)O[C@@H]8C([2H])([2H])Br)[C@@]([2H])(O)[C@H]7O)[C@@]([2H])(O)[C@H]6O)[C@@]([2H])(O)[C@H]5O)O[C@@H]4C([2H])([2H])Br)[C@]([2H])(O)[C@H]3O. The number of hydrogen-bond acceptors (Lipinski definition) is 32. The Hall–Kier alpha value is 2.56. The highest BCUT2D eigenvalue weighted by molar-refractivity contribution is 9.10. The fraction of sp³-hybridized carbons (Fsp3) is 1.00. The summed E-state index contributed by atoms with van der Waals surface area (Å²) in [6.45, 7) is 0. The summed E-state index contributed by atoms with van der Waals surface area (Å²) in [4.78, 5) is 0. The van der Waals surface area contributed by atoms with Crippen LogP contribution in [0.5, 0.6) is 0 Å². The molecule has 0 spiro atoms. The molecule has 30 saturated heterocycles. The lowest BCUT2D eigenvalue weighted by Gasteiger charge is -2.50. The lowest BCUT2D eigenvalue weighted by Crippen LogP contribution is -2.68.